The van der Waals surface area contributed by atoms with E-state index in [0.717, 1.165) is 32.0 Å². The third kappa shape index (κ3) is 1.95. The van der Waals surface area contributed by atoms with Crippen LogP contribution in [-0.2, 0) is 4.79 Å². The molecule has 0 aromatic heterocycles. The number of hydrogen-bond acceptors (Lipinski definition) is 3. The first-order valence-corrected chi connectivity index (χ1v) is 6.52. The Bertz CT molecular complexity index is 336. The second-order valence-electron chi connectivity index (χ2n) is 5.78. The lowest BCUT2D eigenvalue weighted by Gasteiger charge is -2.46. The Kier molecular flexibility index (Phi) is 3.41. The fourth-order valence-corrected chi connectivity index (χ4v) is 3.60. The van der Waals surface area contributed by atoms with Crippen molar-refractivity contribution >= 4 is 6.29 Å². The first-order valence-electron chi connectivity index (χ1n) is 6.52. The number of carbonyl (C=O) groups is 1. The van der Waals surface area contributed by atoms with Crippen molar-refractivity contribution in [3.63, 3.8) is 0 Å². The molecule has 3 nitrogen and oxygen atoms in total. The van der Waals surface area contributed by atoms with Crippen LogP contribution in [0.4, 0.5) is 0 Å². The highest BCUT2D eigenvalue weighted by atomic mass is 16.3. The normalized spacial score (nSPS) is 43.7. The molecule has 2 N–H and O–H groups in total. The van der Waals surface area contributed by atoms with Gasteiger partial charge in [0, 0.05) is 17.9 Å². The summed E-state index contributed by atoms with van der Waals surface area (Å²) in [6.07, 6.45) is 7.78. The summed E-state index contributed by atoms with van der Waals surface area (Å²) in [4.78, 5) is 11.1. The van der Waals surface area contributed by atoms with E-state index in [4.69, 9.17) is 5.11 Å². The number of fused-ring (bicyclic) bond motifs is 1. The molecular formula is C14H22O3. The van der Waals surface area contributed by atoms with Crippen LogP contribution in [0.1, 0.15) is 45.4 Å². The molecule has 2 fully saturated rings. The highest BCUT2D eigenvalue weighted by molar-refractivity contribution is 5.57. The third-order valence-corrected chi connectivity index (χ3v) is 4.96. The summed E-state index contributed by atoms with van der Waals surface area (Å²) in [7, 11) is 0. The molecule has 2 saturated carbocycles. The van der Waals surface area contributed by atoms with Crippen LogP contribution in [0.3, 0.4) is 0 Å². The maximum atomic E-state index is 11.1. The number of aliphatic hydroxyl groups is 2. The van der Waals surface area contributed by atoms with Gasteiger partial charge in [0.2, 0.25) is 0 Å². The molecule has 0 heterocycles. The fourth-order valence-electron chi connectivity index (χ4n) is 3.60. The Labute approximate surface area is 103 Å². The van der Waals surface area contributed by atoms with Crippen LogP contribution in [0.15, 0.2) is 11.6 Å². The smallest absolute Gasteiger partial charge is 0.123 e. The van der Waals surface area contributed by atoms with Crippen LogP contribution in [0.25, 0.3) is 0 Å². The average Bonchev–Trinajstić information content (AvgIpc) is 2.58. The van der Waals surface area contributed by atoms with Gasteiger partial charge in [-0.1, -0.05) is 18.6 Å². The van der Waals surface area contributed by atoms with E-state index in [1.807, 2.05) is 6.08 Å². The van der Waals surface area contributed by atoms with Crippen molar-refractivity contribution in [1.29, 1.82) is 0 Å². The van der Waals surface area contributed by atoms with E-state index in [9.17, 15) is 9.90 Å². The SMILES string of the molecule is C[C@]12CC/C(=C\CCO)C[C@@]1(O)CC[C@@H]2C=O. The fraction of sp³-hybridized carbons (Fsp3) is 0.786. The van der Waals surface area contributed by atoms with E-state index in [1.165, 1.54) is 5.57 Å². The van der Waals surface area contributed by atoms with Crippen LogP contribution < -0.4 is 0 Å². The summed E-state index contributed by atoms with van der Waals surface area (Å²) >= 11 is 0. The van der Waals surface area contributed by atoms with Gasteiger partial charge in [0.05, 0.1) is 5.60 Å². The Hall–Kier alpha value is -0.670. The molecular weight excluding hydrogens is 216 g/mol. The maximum Gasteiger partial charge on any atom is 0.123 e. The quantitative estimate of drug-likeness (QED) is 0.582. The van der Waals surface area contributed by atoms with Crippen molar-refractivity contribution in [2.24, 2.45) is 11.3 Å². The molecule has 0 radical (unpaired) electrons. The molecule has 2 aliphatic carbocycles. The maximum absolute atomic E-state index is 11.1. The highest BCUT2D eigenvalue weighted by Crippen LogP contribution is 2.58. The Balaban J connectivity index is 2.18. The minimum absolute atomic E-state index is 0.00638. The molecule has 0 amide bonds. The number of aliphatic hydroxyl groups excluding tert-OH is 1. The molecule has 2 rings (SSSR count). The summed E-state index contributed by atoms with van der Waals surface area (Å²) in [5, 5.41) is 19.6. The first kappa shape index (κ1) is 12.8. The van der Waals surface area contributed by atoms with Gasteiger partial charge in [0.15, 0.2) is 0 Å². The van der Waals surface area contributed by atoms with Gasteiger partial charge in [-0.05, 0) is 38.5 Å². The zero-order valence-corrected chi connectivity index (χ0v) is 10.5. The third-order valence-electron chi connectivity index (χ3n) is 4.96. The zero-order chi connectivity index (χ0) is 12.5. The highest BCUT2D eigenvalue weighted by Gasteiger charge is 2.57. The predicted octanol–water partition coefficient (Wildman–Crippen LogP) is 1.83. The van der Waals surface area contributed by atoms with Gasteiger partial charge < -0.3 is 15.0 Å². The van der Waals surface area contributed by atoms with E-state index in [0.29, 0.717) is 12.8 Å². The largest absolute Gasteiger partial charge is 0.396 e. The molecule has 3 atom stereocenters. The molecule has 17 heavy (non-hydrogen) atoms. The van der Waals surface area contributed by atoms with E-state index in [1.54, 1.807) is 0 Å². The van der Waals surface area contributed by atoms with Crippen molar-refractivity contribution in [2.75, 3.05) is 6.61 Å². The van der Waals surface area contributed by atoms with Crippen molar-refractivity contribution in [2.45, 2.75) is 51.0 Å². The van der Waals surface area contributed by atoms with Crippen LogP contribution in [0.5, 0.6) is 0 Å². The van der Waals surface area contributed by atoms with E-state index >= 15 is 0 Å². The van der Waals surface area contributed by atoms with E-state index in [2.05, 4.69) is 6.92 Å². The molecule has 0 aromatic carbocycles. The van der Waals surface area contributed by atoms with E-state index < -0.39 is 5.60 Å². The summed E-state index contributed by atoms with van der Waals surface area (Å²) in [5.41, 5.74) is 0.286. The van der Waals surface area contributed by atoms with Gasteiger partial charge in [-0.25, -0.2) is 0 Å². The molecule has 0 bridgehead atoms. The summed E-state index contributed by atoms with van der Waals surface area (Å²) < 4.78 is 0. The number of aldehydes is 1. The molecule has 3 heteroatoms. The second-order valence-corrected chi connectivity index (χ2v) is 5.78. The molecule has 0 spiro atoms. The molecule has 2 aliphatic rings. The van der Waals surface area contributed by atoms with Crippen LogP contribution in [0.2, 0.25) is 0 Å². The topological polar surface area (TPSA) is 57.5 Å². The molecule has 0 saturated heterocycles. The first-order chi connectivity index (χ1) is 8.05. The van der Waals surface area contributed by atoms with Gasteiger partial charge in [0.25, 0.3) is 0 Å². The lowest BCUT2D eigenvalue weighted by Crippen LogP contribution is -2.48. The van der Waals surface area contributed by atoms with Gasteiger partial charge in [-0.2, -0.15) is 0 Å². The van der Waals surface area contributed by atoms with Crippen LogP contribution >= 0.6 is 0 Å². The summed E-state index contributed by atoms with van der Waals surface area (Å²) in [5.74, 6) is 0.00638. The van der Waals surface area contributed by atoms with Crippen LogP contribution in [0, 0.1) is 11.3 Å². The van der Waals surface area contributed by atoms with Crippen molar-refractivity contribution < 1.29 is 15.0 Å². The summed E-state index contributed by atoms with van der Waals surface area (Å²) in [6.45, 7) is 2.22. The molecule has 0 unspecified atom stereocenters. The molecule has 0 aliphatic heterocycles. The second kappa shape index (κ2) is 4.54. The monoisotopic (exact) mass is 238 g/mol. The Morgan fingerprint density at radius 3 is 2.88 bits per heavy atom. The van der Waals surface area contributed by atoms with Gasteiger partial charge in [-0.3, -0.25) is 0 Å². The van der Waals surface area contributed by atoms with E-state index in [-0.39, 0.29) is 17.9 Å². The standard InChI is InChI=1S/C14H22O3/c1-13-6-4-11(3-2-8-15)9-14(13,17)7-5-12(13)10-16/h3,10,12,15,17H,2,4-9H2,1H3/b11-3+/t12-,13-,14+/m1/s1. The average molecular weight is 238 g/mol. The molecule has 96 valence electrons. The van der Waals surface area contributed by atoms with Gasteiger partial charge in [0.1, 0.15) is 6.29 Å². The van der Waals surface area contributed by atoms with Gasteiger partial charge in [-0.15, -0.1) is 0 Å². The van der Waals surface area contributed by atoms with Crippen LogP contribution in [-0.4, -0.2) is 28.7 Å². The minimum Gasteiger partial charge on any atom is -0.396 e. The van der Waals surface area contributed by atoms with Crippen molar-refractivity contribution in [3.8, 4) is 0 Å². The Morgan fingerprint density at radius 2 is 2.24 bits per heavy atom. The summed E-state index contributed by atoms with van der Waals surface area (Å²) in [6, 6.07) is 0. The van der Waals surface area contributed by atoms with Crippen molar-refractivity contribution in [3.05, 3.63) is 11.6 Å². The molecule has 0 aromatic rings. The lowest BCUT2D eigenvalue weighted by atomic mass is 9.62. The predicted molar refractivity (Wildman–Crippen MR) is 65.5 cm³/mol. The van der Waals surface area contributed by atoms with Crippen molar-refractivity contribution in [1.82, 2.24) is 0 Å². The number of rotatable bonds is 3. The lowest BCUT2D eigenvalue weighted by molar-refractivity contribution is -0.123. The van der Waals surface area contributed by atoms with Gasteiger partial charge >= 0.3 is 0 Å². The number of carbonyl (C=O) groups excluding carboxylic acids is 1. The minimum atomic E-state index is -0.710. The Morgan fingerprint density at radius 1 is 1.47 bits per heavy atom. The number of hydrogen-bond donors (Lipinski definition) is 2. The zero-order valence-electron chi connectivity index (χ0n) is 10.5.